The molecule has 0 amide bonds. The molecule has 0 aliphatic carbocycles. The van der Waals surface area contributed by atoms with Gasteiger partial charge in [-0.25, -0.2) is 0 Å². The summed E-state index contributed by atoms with van der Waals surface area (Å²) >= 11 is 0. The molecule has 5 heteroatoms. The fourth-order valence-electron chi connectivity index (χ4n) is 3.94. The van der Waals surface area contributed by atoms with Crippen molar-refractivity contribution in [2.45, 2.75) is 19.6 Å². The van der Waals surface area contributed by atoms with Gasteiger partial charge in [0.1, 0.15) is 0 Å². The lowest BCUT2D eigenvalue weighted by Gasteiger charge is -2.40. The fraction of sp³-hybridized carbons (Fsp3) is 0.111. The third-order valence-corrected chi connectivity index (χ3v) is 15.3. The molecule has 0 unspecified atom stereocenters. The van der Waals surface area contributed by atoms with Crippen LogP contribution in [-0.4, -0.2) is 25.9 Å². The molecule has 0 N–H and O–H groups in total. The van der Waals surface area contributed by atoms with Gasteiger partial charge in [0, 0.05) is 0 Å². The first-order valence-electron chi connectivity index (χ1n) is 11.1. The number of hydrogen-bond donors (Lipinski definition) is 0. The molecule has 0 bridgehead atoms. The quantitative estimate of drug-likeness (QED) is 0.366. The van der Waals surface area contributed by atoms with Crippen molar-refractivity contribution in [3.8, 4) is 0 Å². The fourth-order valence-corrected chi connectivity index (χ4v) is 15.6. The Balaban J connectivity index is 1.94. The van der Waals surface area contributed by atoms with Crippen LogP contribution in [0.25, 0.3) is 0 Å². The van der Waals surface area contributed by atoms with Crippen LogP contribution in [0.15, 0.2) is 121 Å². The third kappa shape index (κ3) is 5.26. The maximum Gasteiger partial charge on any atom is 0.386 e. The van der Waals surface area contributed by atoms with Crippen molar-refractivity contribution < 1.29 is 8.23 Å². The van der Waals surface area contributed by atoms with Crippen molar-refractivity contribution in [1.29, 1.82) is 0 Å². The van der Waals surface area contributed by atoms with Crippen molar-refractivity contribution >= 4 is 46.7 Å². The van der Waals surface area contributed by atoms with Crippen LogP contribution in [0, 0.1) is 0 Å². The van der Waals surface area contributed by atoms with E-state index in [2.05, 4.69) is 141 Å². The summed E-state index contributed by atoms with van der Waals surface area (Å²) in [5.74, 6) is 0. The highest BCUT2D eigenvalue weighted by Crippen LogP contribution is 2.18. The average molecular weight is 471 g/mol. The van der Waals surface area contributed by atoms with Crippen LogP contribution in [0.1, 0.15) is 0 Å². The maximum absolute atomic E-state index is 7.45. The van der Waals surface area contributed by atoms with Crippen LogP contribution in [0.2, 0.25) is 19.6 Å². The Morgan fingerprint density at radius 1 is 0.500 bits per heavy atom. The van der Waals surface area contributed by atoms with E-state index in [1.165, 1.54) is 10.4 Å². The lowest BCUT2D eigenvalue weighted by molar-refractivity contribution is 0.427. The molecule has 0 aliphatic rings. The molecule has 0 fully saturated rings. The van der Waals surface area contributed by atoms with Crippen molar-refractivity contribution in [2.75, 3.05) is 0 Å². The van der Waals surface area contributed by atoms with Crippen molar-refractivity contribution in [1.82, 2.24) is 0 Å². The highest BCUT2D eigenvalue weighted by molar-refractivity contribution is 7.03. The Labute approximate surface area is 195 Å². The number of rotatable bonds is 8. The topological polar surface area (TPSA) is 18.5 Å². The summed E-state index contributed by atoms with van der Waals surface area (Å²) in [6.45, 7) is 6.77. The van der Waals surface area contributed by atoms with Crippen molar-refractivity contribution in [2.24, 2.45) is 0 Å². The first-order chi connectivity index (χ1) is 15.5. The molecular formula is C27H30O2Si3. The second kappa shape index (κ2) is 9.94. The Hall–Kier alpha value is -2.55. The molecule has 0 saturated carbocycles. The van der Waals surface area contributed by atoms with E-state index < -0.39 is 25.9 Å². The van der Waals surface area contributed by atoms with Crippen LogP contribution in [-0.2, 0) is 8.23 Å². The highest BCUT2D eigenvalue weighted by Gasteiger charge is 2.47. The van der Waals surface area contributed by atoms with E-state index in [1.54, 1.807) is 0 Å². The Morgan fingerprint density at radius 2 is 0.844 bits per heavy atom. The third-order valence-electron chi connectivity index (χ3n) is 5.25. The van der Waals surface area contributed by atoms with Gasteiger partial charge >= 0.3 is 8.56 Å². The highest BCUT2D eigenvalue weighted by atomic mass is 28.5. The molecule has 0 heterocycles. The van der Waals surface area contributed by atoms with E-state index in [9.17, 15) is 0 Å². The van der Waals surface area contributed by atoms with Crippen LogP contribution in [0.4, 0.5) is 0 Å². The Bertz CT molecular complexity index is 1020. The van der Waals surface area contributed by atoms with Crippen molar-refractivity contribution in [3.05, 3.63) is 121 Å². The van der Waals surface area contributed by atoms with Gasteiger partial charge in [-0.15, -0.1) is 0 Å². The van der Waals surface area contributed by atoms with Gasteiger partial charge in [0.25, 0.3) is 0 Å². The van der Waals surface area contributed by atoms with Gasteiger partial charge in [0.15, 0.2) is 8.32 Å². The van der Waals surface area contributed by atoms with Crippen LogP contribution in [0.3, 0.4) is 0 Å². The lowest BCUT2D eigenvalue weighted by atomic mass is 10.4. The van der Waals surface area contributed by atoms with E-state index in [-0.39, 0.29) is 0 Å². The molecule has 2 nitrogen and oxygen atoms in total. The minimum Gasteiger partial charge on any atom is -0.430 e. The monoisotopic (exact) mass is 470 g/mol. The number of hydrogen-bond acceptors (Lipinski definition) is 2. The standard InChI is InChI=1S/C27H30O2Si3/c1-31(2,3)29-32(26-20-12-6-13-21-26,27-22-14-7-15-23-27)28-30(24-16-8-4-9-17-24)25-18-10-5-11-19-25/h4-23,30H,1-3H3. The first-order valence-corrected chi connectivity index (χ1v) is 17.9. The van der Waals surface area contributed by atoms with Crippen molar-refractivity contribution in [3.63, 3.8) is 0 Å². The predicted octanol–water partition coefficient (Wildman–Crippen LogP) is 3.65. The van der Waals surface area contributed by atoms with Gasteiger partial charge in [0.2, 0.25) is 9.04 Å². The minimum absolute atomic E-state index is 1.16. The molecule has 4 aromatic rings. The summed E-state index contributed by atoms with van der Waals surface area (Å²) in [6.07, 6.45) is 0. The SMILES string of the molecule is C[Si](C)(C)O[Si](O[SiH](c1ccccc1)c1ccccc1)(c1ccccc1)c1ccccc1. The van der Waals surface area contributed by atoms with Crippen LogP contribution >= 0.6 is 0 Å². The van der Waals surface area contributed by atoms with Gasteiger partial charge < -0.3 is 8.23 Å². The molecule has 0 aromatic heterocycles. The normalized spacial score (nSPS) is 12.1. The minimum atomic E-state index is -2.99. The second-order valence-electron chi connectivity index (χ2n) is 8.88. The molecule has 0 saturated heterocycles. The predicted molar refractivity (Wildman–Crippen MR) is 143 cm³/mol. The Kier molecular flexibility index (Phi) is 7.03. The molecule has 4 aromatic carbocycles. The zero-order valence-corrected chi connectivity index (χ0v) is 22.1. The van der Waals surface area contributed by atoms with Gasteiger partial charge in [-0.3, -0.25) is 0 Å². The van der Waals surface area contributed by atoms with Gasteiger partial charge in [-0.05, 0) is 40.4 Å². The molecular weight excluding hydrogens is 441 g/mol. The lowest BCUT2D eigenvalue weighted by Crippen LogP contribution is -2.70. The maximum atomic E-state index is 7.45. The van der Waals surface area contributed by atoms with E-state index in [1.807, 2.05) is 0 Å². The summed E-state index contributed by atoms with van der Waals surface area (Å²) < 4.78 is 14.6. The van der Waals surface area contributed by atoms with E-state index >= 15 is 0 Å². The summed E-state index contributed by atoms with van der Waals surface area (Å²) in [6, 6.07) is 42.6. The van der Waals surface area contributed by atoms with Crippen LogP contribution < -0.4 is 20.7 Å². The Morgan fingerprint density at radius 3 is 1.19 bits per heavy atom. The zero-order valence-electron chi connectivity index (χ0n) is 18.9. The zero-order chi connectivity index (χ0) is 22.4. The summed E-state index contributed by atoms with van der Waals surface area (Å²) in [5, 5.41) is 4.86. The molecule has 0 radical (unpaired) electrons. The molecule has 0 atom stereocenters. The molecule has 162 valence electrons. The van der Waals surface area contributed by atoms with E-state index in [0.29, 0.717) is 0 Å². The average Bonchev–Trinajstić information content (AvgIpc) is 2.83. The van der Waals surface area contributed by atoms with Gasteiger partial charge in [-0.2, -0.15) is 0 Å². The van der Waals surface area contributed by atoms with E-state index in [0.717, 1.165) is 10.4 Å². The molecule has 4 rings (SSSR count). The number of benzene rings is 4. The van der Waals surface area contributed by atoms with Gasteiger partial charge in [0.05, 0.1) is 0 Å². The molecule has 0 aliphatic heterocycles. The van der Waals surface area contributed by atoms with Crippen LogP contribution in [0.5, 0.6) is 0 Å². The van der Waals surface area contributed by atoms with Gasteiger partial charge in [-0.1, -0.05) is 121 Å². The molecule has 0 spiro atoms. The largest absolute Gasteiger partial charge is 0.430 e. The first kappa shape index (κ1) is 22.6. The summed E-state index contributed by atoms with van der Waals surface area (Å²) in [4.78, 5) is 0. The second-order valence-corrected chi connectivity index (χ2v) is 19.3. The summed E-state index contributed by atoms with van der Waals surface area (Å²) in [7, 11) is -7.00. The van der Waals surface area contributed by atoms with E-state index in [4.69, 9.17) is 8.23 Å². The molecule has 32 heavy (non-hydrogen) atoms. The summed E-state index contributed by atoms with van der Waals surface area (Å²) in [5.41, 5.74) is 0. The smallest absolute Gasteiger partial charge is 0.386 e.